The first-order chi connectivity index (χ1) is 27.8. The molecule has 0 spiro atoms. The van der Waals surface area contributed by atoms with Crippen molar-refractivity contribution in [1.82, 2.24) is 24.1 Å². The van der Waals surface area contributed by atoms with Gasteiger partial charge in [-0.1, -0.05) is 133 Å². The fraction of sp³-hybridized carbons (Fsp3) is 0. The summed E-state index contributed by atoms with van der Waals surface area (Å²) in [6.07, 6.45) is 1.87. The van der Waals surface area contributed by atoms with E-state index in [9.17, 15) is 0 Å². The lowest BCUT2D eigenvalue weighted by Gasteiger charge is -2.12. The standard InChI is InChI=1S/C51H31N5/c1-2-13-32(14-3-1)33-25-27-34(28-26-33)55-43-22-10-8-19-39(43)48-45(55)29-30-46-49(48)40-20-9-11-23-44(40)56(46)47-24-12-21-41(53-47)42-31-52-50-37-17-6-4-15-35(37)36-16-5-7-18-38(36)51(50)54-42/h1-31H. The molecule has 0 amide bonds. The number of benzene rings is 8. The van der Waals surface area contributed by atoms with Crippen LogP contribution < -0.4 is 0 Å². The van der Waals surface area contributed by atoms with Crippen molar-refractivity contribution in [2.45, 2.75) is 0 Å². The maximum atomic E-state index is 5.32. The van der Waals surface area contributed by atoms with Gasteiger partial charge < -0.3 is 4.57 Å². The molecule has 0 atom stereocenters. The topological polar surface area (TPSA) is 48.5 Å². The molecule has 5 nitrogen and oxygen atoms in total. The summed E-state index contributed by atoms with van der Waals surface area (Å²) < 4.78 is 4.70. The first-order valence-corrected chi connectivity index (χ1v) is 19.0. The third-order valence-electron chi connectivity index (χ3n) is 11.4. The molecule has 4 heterocycles. The molecule has 56 heavy (non-hydrogen) atoms. The molecule has 0 saturated heterocycles. The third-order valence-corrected chi connectivity index (χ3v) is 11.4. The summed E-state index contributed by atoms with van der Waals surface area (Å²) in [7, 11) is 0. The molecule has 0 N–H and O–H groups in total. The molecule has 0 bridgehead atoms. The lowest BCUT2D eigenvalue weighted by atomic mass is 9.99. The molecule has 12 rings (SSSR count). The number of hydrogen-bond donors (Lipinski definition) is 0. The molecule has 8 aromatic carbocycles. The number of para-hydroxylation sites is 2. The highest BCUT2D eigenvalue weighted by Gasteiger charge is 2.21. The largest absolute Gasteiger partial charge is 0.309 e. The second-order valence-electron chi connectivity index (χ2n) is 14.4. The molecule has 0 aliphatic rings. The highest BCUT2D eigenvalue weighted by atomic mass is 15.1. The number of fused-ring (bicyclic) bond motifs is 13. The zero-order valence-corrected chi connectivity index (χ0v) is 30.1. The second-order valence-corrected chi connectivity index (χ2v) is 14.4. The zero-order valence-electron chi connectivity index (χ0n) is 30.1. The van der Waals surface area contributed by atoms with Gasteiger partial charge >= 0.3 is 0 Å². The Morgan fingerprint density at radius 1 is 0.321 bits per heavy atom. The Labute approximate surface area is 321 Å². The minimum Gasteiger partial charge on any atom is -0.309 e. The molecular formula is C51H31N5. The van der Waals surface area contributed by atoms with Gasteiger partial charge in [-0.05, 0) is 70.4 Å². The molecule has 0 fully saturated rings. The summed E-state index contributed by atoms with van der Waals surface area (Å²) in [5.74, 6) is 0.832. The van der Waals surface area contributed by atoms with Gasteiger partial charge in [-0.3, -0.25) is 9.55 Å². The summed E-state index contributed by atoms with van der Waals surface area (Å²) in [4.78, 5) is 15.6. The summed E-state index contributed by atoms with van der Waals surface area (Å²) in [5.41, 5.74) is 11.4. The van der Waals surface area contributed by atoms with E-state index in [0.717, 1.165) is 55.7 Å². The average Bonchev–Trinajstić information content (AvgIpc) is 3.80. The monoisotopic (exact) mass is 713 g/mol. The van der Waals surface area contributed by atoms with E-state index < -0.39 is 0 Å². The normalized spacial score (nSPS) is 11.9. The van der Waals surface area contributed by atoms with Crippen LogP contribution >= 0.6 is 0 Å². The van der Waals surface area contributed by atoms with E-state index in [1.807, 2.05) is 12.3 Å². The summed E-state index contributed by atoms with van der Waals surface area (Å²) in [6.45, 7) is 0. The molecule has 0 radical (unpaired) electrons. The summed E-state index contributed by atoms with van der Waals surface area (Å²) >= 11 is 0. The van der Waals surface area contributed by atoms with E-state index in [4.69, 9.17) is 15.0 Å². The van der Waals surface area contributed by atoms with Crippen molar-refractivity contribution in [1.29, 1.82) is 0 Å². The Balaban J connectivity index is 1.06. The molecule has 0 aliphatic heterocycles. The van der Waals surface area contributed by atoms with E-state index >= 15 is 0 Å². The minimum atomic E-state index is 0.740. The van der Waals surface area contributed by atoms with Gasteiger partial charge in [0.05, 0.1) is 45.0 Å². The summed E-state index contributed by atoms with van der Waals surface area (Å²) in [6, 6.07) is 64.5. The highest BCUT2D eigenvalue weighted by molar-refractivity contribution is 6.29. The number of hydrogen-bond acceptors (Lipinski definition) is 3. The lowest BCUT2D eigenvalue weighted by molar-refractivity contribution is 1.08. The first-order valence-electron chi connectivity index (χ1n) is 19.0. The van der Waals surface area contributed by atoms with Crippen molar-refractivity contribution < 1.29 is 0 Å². The van der Waals surface area contributed by atoms with E-state index in [0.29, 0.717) is 0 Å². The molecule has 260 valence electrons. The predicted octanol–water partition coefficient (Wildman–Crippen LogP) is 12.9. The quantitative estimate of drug-likeness (QED) is 0.171. The Kier molecular flexibility index (Phi) is 6.56. The summed E-state index contributed by atoms with van der Waals surface area (Å²) in [5, 5.41) is 9.39. The molecule has 0 saturated carbocycles. The van der Waals surface area contributed by atoms with Crippen LogP contribution in [0.25, 0.3) is 110 Å². The molecule has 4 aromatic heterocycles. The van der Waals surface area contributed by atoms with E-state index in [2.05, 4.69) is 185 Å². The minimum absolute atomic E-state index is 0.740. The fourth-order valence-corrected chi connectivity index (χ4v) is 8.91. The molecule has 12 aromatic rings. The van der Waals surface area contributed by atoms with E-state index in [1.165, 1.54) is 54.5 Å². The van der Waals surface area contributed by atoms with Gasteiger partial charge in [-0.2, -0.15) is 0 Å². The molecule has 0 unspecified atom stereocenters. The smallest absolute Gasteiger partial charge is 0.138 e. The van der Waals surface area contributed by atoms with Crippen LogP contribution in [-0.4, -0.2) is 24.1 Å². The average molecular weight is 714 g/mol. The Morgan fingerprint density at radius 2 is 0.857 bits per heavy atom. The Hall–Kier alpha value is -7.63. The van der Waals surface area contributed by atoms with E-state index in [1.54, 1.807) is 0 Å². The first kappa shape index (κ1) is 30.8. The van der Waals surface area contributed by atoms with Gasteiger partial charge in [0.25, 0.3) is 0 Å². The van der Waals surface area contributed by atoms with Crippen molar-refractivity contribution in [3.63, 3.8) is 0 Å². The molecular weight excluding hydrogens is 683 g/mol. The van der Waals surface area contributed by atoms with Gasteiger partial charge in [-0.25, -0.2) is 9.97 Å². The third kappa shape index (κ3) is 4.46. The van der Waals surface area contributed by atoms with Gasteiger partial charge in [0.1, 0.15) is 11.5 Å². The van der Waals surface area contributed by atoms with Crippen LogP contribution in [0, 0.1) is 0 Å². The van der Waals surface area contributed by atoms with Crippen LogP contribution in [0.3, 0.4) is 0 Å². The Morgan fingerprint density at radius 3 is 1.54 bits per heavy atom. The maximum absolute atomic E-state index is 5.32. The van der Waals surface area contributed by atoms with Crippen LogP contribution in [0.4, 0.5) is 0 Å². The van der Waals surface area contributed by atoms with Crippen LogP contribution in [0.15, 0.2) is 188 Å². The zero-order chi connectivity index (χ0) is 36.7. The number of pyridine rings is 1. The van der Waals surface area contributed by atoms with Crippen molar-refractivity contribution in [3.8, 4) is 34.0 Å². The Bertz CT molecular complexity index is 3490. The van der Waals surface area contributed by atoms with Crippen molar-refractivity contribution in [2.24, 2.45) is 0 Å². The van der Waals surface area contributed by atoms with Crippen LogP contribution in [-0.2, 0) is 0 Å². The SMILES string of the molecule is c1ccc(-c2ccc(-n3c4ccccc4c4c5c6ccccc6n(-c6cccc(-c7cnc8c9ccccc9c9ccccc9c8n7)n6)c5ccc43)cc2)cc1. The predicted molar refractivity (Wildman–Crippen MR) is 232 cm³/mol. The lowest BCUT2D eigenvalue weighted by Crippen LogP contribution is -2.00. The fourth-order valence-electron chi connectivity index (χ4n) is 8.91. The maximum Gasteiger partial charge on any atom is 0.138 e. The van der Waals surface area contributed by atoms with Gasteiger partial charge in [0.2, 0.25) is 0 Å². The second kappa shape index (κ2) is 11.9. The number of aromatic nitrogens is 5. The van der Waals surface area contributed by atoms with Gasteiger partial charge in [0, 0.05) is 38.0 Å². The van der Waals surface area contributed by atoms with Crippen molar-refractivity contribution >= 4 is 76.2 Å². The number of nitrogens with zero attached hydrogens (tertiary/aromatic N) is 5. The van der Waals surface area contributed by atoms with E-state index in [-0.39, 0.29) is 0 Å². The van der Waals surface area contributed by atoms with Crippen LogP contribution in [0.5, 0.6) is 0 Å². The van der Waals surface area contributed by atoms with Crippen LogP contribution in [0.1, 0.15) is 0 Å². The van der Waals surface area contributed by atoms with Crippen molar-refractivity contribution in [2.75, 3.05) is 0 Å². The molecule has 0 aliphatic carbocycles. The van der Waals surface area contributed by atoms with Gasteiger partial charge in [0.15, 0.2) is 0 Å². The highest BCUT2D eigenvalue weighted by Crippen LogP contribution is 2.42. The van der Waals surface area contributed by atoms with Gasteiger partial charge in [-0.15, -0.1) is 0 Å². The molecule has 5 heteroatoms. The van der Waals surface area contributed by atoms with Crippen LogP contribution in [0.2, 0.25) is 0 Å². The van der Waals surface area contributed by atoms with Crippen molar-refractivity contribution in [3.05, 3.63) is 188 Å². The number of rotatable bonds is 4.